The van der Waals surface area contributed by atoms with Crippen LogP contribution in [0.15, 0.2) is 23.1 Å². The molecule has 4 nitrogen and oxygen atoms in total. The monoisotopic (exact) mass is 205 g/mol. The second kappa shape index (κ2) is 5.66. The smallest absolute Gasteiger partial charge is 0.317 e. The molecule has 0 unspecified atom stereocenters. The highest BCUT2D eigenvalue weighted by molar-refractivity contribution is 5.72. The van der Waals surface area contributed by atoms with Gasteiger partial charge in [0.25, 0.3) is 0 Å². The third-order valence-corrected chi connectivity index (χ3v) is 1.53. The Bertz CT molecular complexity index is 451. The van der Waals surface area contributed by atoms with Gasteiger partial charge < -0.3 is 9.72 Å². The Balaban J connectivity index is 2.59. The summed E-state index contributed by atoms with van der Waals surface area (Å²) in [5.41, 5.74) is 0.376. The van der Waals surface area contributed by atoms with Crippen LogP contribution in [0.2, 0.25) is 0 Å². The van der Waals surface area contributed by atoms with Gasteiger partial charge in [-0.25, -0.2) is 0 Å². The Kier molecular flexibility index (Phi) is 4.17. The van der Waals surface area contributed by atoms with Crippen molar-refractivity contribution in [2.45, 2.75) is 13.3 Å². The summed E-state index contributed by atoms with van der Waals surface area (Å²) in [6, 6.07) is 2.77. The van der Waals surface area contributed by atoms with Gasteiger partial charge in [-0.05, 0) is 12.8 Å². The van der Waals surface area contributed by atoms with Crippen molar-refractivity contribution in [1.82, 2.24) is 4.98 Å². The van der Waals surface area contributed by atoms with Crippen molar-refractivity contribution >= 4 is 5.97 Å². The van der Waals surface area contributed by atoms with Crippen molar-refractivity contribution in [2.24, 2.45) is 0 Å². The summed E-state index contributed by atoms with van der Waals surface area (Å²) >= 11 is 0. The Labute approximate surface area is 87.3 Å². The van der Waals surface area contributed by atoms with Crippen LogP contribution < -0.4 is 5.43 Å². The number of ether oxygens (including phenoxy) is 1. The van der Waals surface area contributed by atoms with Gasteiger partial charge in [-0.15, -0.1) is 0 Å². The van der Waals surface area contributed by atoms with Crippen molar-refractivity contribution in [1.29, 1.82) is 0 Å². The maximum atomic E-state index is 10.9. The van der Waals surface area contributed by atoms with Crippen LogP contribution in [0.1, 0.15) is 19.0 Å². The van der Waals surface area contributed by atoms with Crippen LogP contribution in [-0.4, -0.2) is 17.6 Å². The number of aromatic nitrogens is 1. The molecule has 0 radical (unpaired) electrons. The van der Waals surface area contributed by atoms with Crippen LogP contribution in [0.5, 0.6) is 0 Å². The van der Waals surface area contributed by atoms with E-state index in [1.807, 2.05) is 0 Å². The third kappa shape index (κ3) is 4.14. The molecule has 0 bridgehead atoms. The van der Waals surface area contributed by atoms with E-state index in [-0.39, 0.29) is 17.8 Å². The Morgan fingerprint density at radius 3 is 3.07 bits per heavy atom. The van der Waals surface area contributed by atoms with Gasteiger partial charge in [0, 0.05) is 18.3 Å². The van der Waals surface area contributed by atoms with Crippen molar-refractivity contribution < 1.29 is 9.53 Å². The predicted molar refractivity (Wildman–Crippen MR) is 55.2 cm³/mol. The van der Waals surface area contributed by atoms with E-state index in [4.69, 9.17) is 4.74 Å². The molecule has 0 atom stereocenters. The molecule has 0 saturated heterocycles. The normalized spacial score (nSPS) is 8.87. The minimum atomic E-state index is -0.358. The number of carbonyl (C=O) groups excluding carboxylic acids is 1. The van der Waals surface area contributed by atoms with Crippen LogP contribution in [-0.2, 0) is 9.53 Å². The molecule has 1 heterocycles. The van der Waals surface area contributed by atoms with E-state index in [0.717, 1.165) is 0 Å². The van der Waals surface area contributed by atoms with Crippen molar-refractivity contribution in [3.63, 3.8) is 0 Å². The average molecular weight is 205 g/mol. The molecule has 1 N–H and O–H groups in total. The molecule has 78 valence electrons. The summed E-state index contributed by atoms with van der Waals surface area (Å²) in [5, 5.41) is 0. The lowest BCUT2D eigenvalue weighted by Crippen LogP contribution is -2.02. The van der Waals surface area contributed by atoms with Crippen LogP contribution in [0.3, 0.4) is 0 Å². The SMILES string of the molecule is CCOC(=O)CC#Cc1cc(=O)cc[nH]1. The number of nitrogens with one attached hydrogen (secondary N) is 1. The topological polar surface area (TPSA) is 59.2 Å². The highest BCUT2D eigenvalue weighted by Crippen LogP contribution is 1.87. The molecule has 1 aromatic rings. The van der Waals surface area contributed by atoms with Crippen molar-refractivity contribution in [3.8, 4) is 11.8 Å². The van der Waals surface area contributed by atoms with Gasteiger partial charge >= 0.3 is 5.97 Å². The summed E-state index contributed by atoms with van der Waals surface area (Å²) in [7, 11) is 0. The van der Waals surface area contributed by atoms with Gasteiger partial charge in [-0.1, -0.05) is 5.92 Å². The number of pyridine rings is 1. The first-order valence-corrected chi connectivity index (χ1v) is 4.55. The highest BCUT2D eigenvalue weighted by Gasteiger charge is 1.95. The maximum Gasteiger partial charge on any atom is 0.317 e. The fourth-order valence-electron chi connectivity index (χ4n) is 0.941. The molecule has 1 rings (SSSR count). The first-order chi connectivity index (χ1) is 7.22. The molecule has 15 heavy (non-hydrogen) atoms. The van der Waals surface area contributed by atoms with Crippen molar-refractivity contribution in [3.05, 3.63) is 34.2 Å². The summed E-state index contributed by atoms with van der Waals surface area (Å²) in [6.07, 6.45) is 1.54. The number of esters is 1. The number of rotatable bonds is 2. The Hall–Kier alpha value is -2.02. The zero-order valence-corrected chi connectivity index (χ0v) is 8.37. The molecule has 0 fully saturated rings. The number of carbonyl (C=O) groups is 1. The highest BCUT2D eigenvalue weighted by atomic mass is 16.5. The quantitative estimate of drug-likeness (QED) is 0.570. The lowest BCUT2D eigenvalue weighted by Gasteiger charge is -1.94. The van der Waals surface area contributed by atoms with Gasteiger partial charge in [0.15, 0.2) is 5.43 Å². The van der Waals surface area contributed by atoms with E-state index >= 15 is 0 Å². The lowest BCUT2D eigenvalue weighted by molar-refractivity contribution is -0.141. The molecule has 4 heteroatoms. The van der Waals surface area contributed by atoms with Gasteiger partial charge in [0.1, 0.15) is 6.42 Å². The van der Waals surface area contributed by atoms with Crippen LogP contribution in [0.4, 0.5) is 0 Å². The second-order valence-corrected chi connectivity index (χ2v) is 2.72. The fourth-order valence-corrected chi connectivity index (χ4v) is 0.941. The minimum Gasteiger partial charge on any atom is -0.465 e. The molecule has 0 aliphatic carbocycles. The van der Waals surface area contributed by atoms with Gasteiger partial charge in [-0.2, -0.15) is 0 Å². The first-order valence-electron chi connectivity index (χ1n) is 4.55. The zero-order valence-electron chi connectivity index (χ0n) is 8.37. The van der Waals surface area contributed by atoms with E-state index in [0.29, 0.717) is 12.3 Å². The second-order valence-electron chi connectivity index (χ2n) is 2.72. The maximum absolute atomic E-state index is 10.9. The molecule has 1 aromatic heterocycles. The zero-order chi connectivity index (χ0) is 11.1. The number of H-pyrrole nitrogens is 1. The molecule has 0 aliphatic rings. The average Bonchev–Trinajstić information content (AvgIpc) is 2.18. The van der Waals surface area contributed by atoms with E-state index in [2.05, 4.69) is 16.8 Å². The molecule has 0 spiro atoms. The molecule has 0 saturated carbocycles. The molecular formula is C11H11NO3. The lowest BCUT2D eigenvalue weighted by atomic mass is 10.3. The van der Waals surface area contributed by atoms with E-state index in [1.54, 1.807) is 6.92 Å². The predicted octanol–water partition coefficient (Wildman–Crippen LogP) is 0.680. The standard InChI is InChI=1S/C11H11NO3/c1-2-15-11(14)5-3-4-9-8-10(13)6-7-12-9/h6-8H,2,5H2,1H3,(H,12,13). The van der Waals surface area contributed by atoms with E-state index in [9.17, 15) is 9.59 Å². The number of hydrogen-bond acceptors (Lipinski definition) is 3. The van der Waals surface area contributed by atoms with Crippen LogP contribution in [0.25, 0.3) is 0 Å². The van der Waals surface area contributed by atoms with Gasteiger partial charge in [-0.3, -0.25) is 9.59 Å². The Morgan fingerprint density at radius 1 is 1.60 bits per heavy atom. The number of hydrogen-bond donors (Lipinski definition) is 1. The summed E-state index contributed by atoms with van der Waals surface area (Å²) in [4.78, 5) is 24.6. The fraction of sp³-hybridized carbons (Fsp3) is 0.273. The van der Waals surface area contributed by atoms with Crippen LogP contribution >= 0.6 is 0 Å². The summed E-state index contributed by atoms with van der Waals surface area (Å²) in [6.45, 7) is 2.09. The molecule has 0 aromatic carbocycles. The Morgan fingerprint density at radius 2 is 2.40 bits per heavy atom. The summed E-state index contributed by atoms with van der Waals surface area (Å²) in [5.74, 6) is 4.93. The molecular weight excluding hydrogens is 194 g/mol. The number of aromatic amines is 1. The summed E-state index contributed by atoms with van der Waals surface area (Å²) < 4.78 is 4.69. The van der Waals surface area contributed by atoms with Gasteiger partial charge in [0.2, 0.25) is 0 Å². The van der Waals surface area contributed by atoms with Crippen molar-refractivity contribution in [2.75, 3.05) is 6.61 Å². The van der Waals surface area contributed by atoms with Crippen LogP contribution in [0, 0.1) is 11.8 Å². The largest absolute Gasteiger partial charge is 0.465 e. The van der Waals surface area contributed by atoms with Gasteiger partial charge in [0.05, 0.1) is 12.3 Å². The van der Waals surface area contributed by atoms with E-state index < -0.39 is 0 Å². The minimum absolute atomic E-state index is 0.0325. The van der Waals surface area contributed by atoms with E-state index in [1.165, 1.54) is 18.3 Å². The molecule has 0 aliphatic heterocycles. The molecule has 0 amide bonds. The first kappa shape index (κ1) is 11.1. The third-order valence-electron chi connectivity index (χ3n) is 1.53.